The zero-order chi connectivity index (χ0) is 28.0. The Morgan fingerprint density at radius 2 is 1.77 bits per heavy atom. The van der Waals surface area contributed by atoms with Crippen LogP contribution < -0.4 is 15.1 Å². The molecule has 0 unspecified atom stereocenters. The van der Waals surface area contributed by atoms with Crippen LogP contribution >= 0.6 is 0 Å². The molecule has 0 radical (unpaired) electrons. The Balaban J connectivity index is 1.38. The van der Waals surface area contributed by atoms with Crippen LogP contribution in [0.25, 0.3) is 0 Å². The minimum atomic E-state index is -4.73. The quantitative estimate of drug-likeness (QED) is 0.464. The summed E-state index contributed by atoms with van der Waals surface area (Å²) in [5.74, 6) is -1.74. The van der Waals surface area contributed by atoms with E-state index in [0.717, 1.165) is 24.8 Å². The van der Waals surface area contributed by atoms with E-state index in [1.54, 1.807) is 21.9 Å². The summed E-state index contributed by atoms with van der Waals surface area (Å²) in [5.41, 5.74) is 1.51. The summed E-state index contributed by atoms with van der Waals surface area (Å²) in [7, 11) is 0. The number of aliphatic carboxylic acids is 1. The summed E-state index contributed by atoms with van der Waals surface area (Å²) in [4.78, 5) is 34.5. The van der Waals surface area contributed by atoms with Crippen molar-refractivity contribution < 1.29 is 27.9 Å². The van der Waals surface area contributed by atoms with Crippen LogP contribution in [0.2, 0.25) is 0 Å². The second kappa shape index (κ2) is 12.3. The molecule has 1 amide bonds. The number of nitrogens with zero attached hydrogens (tertiary/aromatic N) is 5. The zero-order valence-electron chi connectivity index (χ0n) is 21.5. The number of carbonyl (C=O) groups excluding carboxylic acids is 1. The summed E-state index contributed by atoms with van der Waals surface area (Å²) >= 11 is 0. The Labute approximate surface area is 224 Å². The fourth-order valence-corrected chi connectivity index (χ4v) is 4.98. The Morgan fingerprint density at radius 1 is 1.08 bits per heavy atom. The molecule has 39 heavy (non-hydrogen) atoms. The van der Waals surface area contributed by atoms with Crippen molar-refractivity contribution >= 4 is 23.5 Å². The van der Waals surface area contributed by atoms with E-state index in [2.05, 4.69) is 21.4 Å². The van der Waals surface area contributed by atoms with Crippen LogP contribution in [0.5, 0.6) is 0 Å². The van der Waals surface area contributed by atoms with Crippen molar-refractivity contribution in [3.63, 3.8) is 0 Å². The van der Waals surface area contributed by atoms with Gasteiger partial charge < -0.3 is 20.2 Å². The Kier molecular flexibility index (Phi) is 8.89. The third-order valence-electron chi connectivity index (χ3n) is 7.31. The van der Waals surface area contributed by atoms with E-state index in [0.29, 0.717) is 56.9 Å². The van der Waals surface area contributed by atoms with Gasteiger partial charge in [-0.3, -0.25) is 9.59 Å². The van der Waals surface area contributed by atoms with E-state index in [4.69, 9.17) is 10.4 Å². The van der Waals surface area contributed by atoms with Gasteiger partial charge in [-0.25, -0.2) is 9.97 Å². The number of carboxylic acid groups (broad SMARTS) is 1. The van der Waals surface area contributed by atoms with Crippen LogP contribution in [0.4, 0.5) is 24.8 Å². The van der Waals surface area contributed by atoms with Crippen molar-refractivity contribution in [1.82, 2.24) is 15.3 Å². The molecule has 2 aromatic rings. The van der Waals surface area contributed by atoms with Crippen molar-refractivity contribution in [1.29, 1.82) is 5.26 Å². The molecule has 3 heterocycles. The third kappa shape index (κ3) is 7.37. The smallest absolute Gasteiger partial charge is 0.451 e. The number of amides is 1. The van der Waals surface area contributed by atoms with E-state index in [1.807, 2.05) is 12.1 Å². The van der Waals surface area contributed by atoms with Gasteiger partial charge in [-0.2, -0.15) is 18.4 Å². The maximum atomic E-state index is 13.7. The lowest BCUT2D eigenvalue weighted by Gasteiger charge is -2.41. The van der Waals surface area contributed by atoms with Gasteiger partial charge in [0.2, 0.25) is 11.7 Å². The molecule has 12 heteroatoms. The highest BCUT2D eigenvalue weighted by atomic mass is 19.4. The molecular weight excluding hydrogens is 513 g/mol. The van der Waals surface area contributed by atoms with Gasteiger partial charge in [0, 0.05) is 38.7 Å². The molecule has 2 fully saturated rings. The first kappa shape index (κ1) is 28.1. The number of anilines is 2. The fourth-order valence-electron chi connectivity index (χ4n) is 4.98. The van der Waals surface area contributed by atoms with Crippen molar-refractivity contribution in [2.24, 2.45) is 5.92 Å². The van der Waals surface area contributed by atoms with Crippen LogP contribution in [0, 0.1) is 17.2 Å². The number of carbonyl (C=O) groups is 2. The van der Waals surface area contributed by atoms with Crippen LogP contribution in [-0.2, 0) is 22.2 Å². The van der Waals surface area contributed by atoms with Gasteiger partial charge in [-0.1, -0.05) is 12.1 Å². The molecule has 9 nitrogen and oxygen atoms in total. The normalized spacial score (nSPS) is 17.8. The average Bonchev–Trinajstić information content (AvgIpc) is 2.88. The third-order valence-corrected chi connectivity index (χ3v) is 7.31. The number of nitrogens with one attached hydrogen (secondary N) is 1. The minimum Gasteiger partial charge on any atom is -0.481 e. The van der Waals surface area contributed by atoms with E-state index >= 15 is 0 Å². The van der Waals surface area contributed by atoms with Crippen LogP contribution in [-0.4, -0.2) is 59.2 Å². The lowest BCUT2D eigenvalue weighted by molar-refractivity contribution is -0.144. The topological polar surface area (TPSA) is 122 Å². The first-order valence-electron chi connectivity index (χ1n) is 13.1. The number of hydrogen-bond donors (Lipinski definition) is 2. The highest BCUT2D eigenvalue weighted by Crippen LogP contribution is 2.34. The van der Waals surface area contributed by atoms with Gasteiger partial charge >= 0.3 is 12.1 Å². The van der Waals surface area contributed by atoms with Crippen molar-refractivity contribution in [2.75, 3.05) is 36.0 Å². The number of nitriles is 1. The number of carboxylic acids is 1. The Hall–Kier alpha value is -3.88. The molecule has 4 rings (SSSR count). The highest BCUT2D eigenvalue weighted by molar-refractivity contribution is 5.86. The highest BCUT2D eigenvalue weighted by Gasteiger charge is 2.40. The van der Waals surface area contributed by atoms with Crippen LogP contribution in [0.3, 0.4) is 0 Å². The van der Waals surface area contributed by atoms with Crippen LogP contribution in [0.15, 0.2) is 30.3 Å². The largest absolute Gasteiger partial charge is 0.481 e. The van der Waals surface area contributed by atoms with E-state index in [1.165, 1.54) is 6.07 Å². The number of rotatable bonds is 10. The van der Waals surface area contributed by atoms with Crippen molar-refractivity contribution in [2.45, 2.75) is 57.2 Å². The minimum absolute atomic E-state index is 0.0781. The second-order valence-electron chi connectivity index (χ2n) is 9.97. The molecular formula is C27H31F3N6O3. The lowest BCUT2D eigenvalue weighted by atomic mass is 9.91. The molecule has 1 aromatic heterocycles. The maximum absolute atomic E-state index is 13.7. The maximum Gasteiger partial charge on any atom is 0.451 e. The second-order valence-corrected chi connectivity index (χ2v) is 9.97. The molecule has 1 atom stereocenters. The first-order valence-corrected chi connectivity index (χ1v) is 13.1. The van der Waals surface area contributed by atoms with Crippen molar-refractivity contribution in [3.05, 3.63) is 47.3 Å². The Morgan fingerprint density at radius 3 is 2.36 bits per heavy atom. The van der Waals surface area contributed by atoms with Gasteiger partial charge in [0.25, 0.3) is 0 Å². The molecule has 2 aliphatic rings. The summed E-state index contributed by atoms with van der Waals surface area (Å²) in [6, 6.07) is 10.0. The molecule has 208 valence electrons. The molecule has 2 N–H and O–H groups in total. The standard InChI is InChI=1S/C27H31F3N6O3/c28-27(29,30)26-33-22(35-13-9-18(10-14-35)2-1-3-24(37)38)16-23(34-26)36-15-11-21(36)25(39)32-12-8-19-4-6-20(17-31)7-5-19/h4-7,16,18,21H,1-3,8-15H2,(H,32,39)(H,37,38)/t21-/m0/s1. The number of hydrogen-bond acceptors (Lipinski definition) is 7. The molecule has 0 aliphatic carbocycles. The number of benzene rings is 1. The zero-order valence-corrected chi connectivity index (χ0v) is 21.5. The van der Waals surface area contributed by atoms with E-state index < -0.39 is 24.0 Å². The molecule has 0 bridgehead atoms. The fraction of sp³-hybridized carbons (Fsp3) is 0.519. The number of halogens is 3. The first-order chi connectivity index (χ1) is 18.6. The number of aromatic nitrogens is 2. The number of alkyl halides is 3. The van der Waals surface area contributed by atoms with E-state index in [9.17, 15) is 22.8 Å². The van der Waals surface area contributed by atoms with Gasteiger partial charge in [-0.15, -0.1) is 0 Å². The van der Waals surface area contributed by atoms with Gasteiger partial charge in [-0.05, 0) is 62.1 Å². The molecule has 2 saturated heterocycles. The van der Waals surface area contributed by atoms with Gasteiger partial charge in [0.1, 0.15) is 17.7 Å². The molecule has 0 saturated carbocycles. The predicted octanol–water partition coefficient (Wildman–Crippen LogP) is 3.78. The predicted molar refractivity (Wildman–Crippen MR) is 137 cm³/mol. The molecule has 0 spiro atoms. The van der Waals surface area contributed by atoms with Crippen molar-refractivity contribution in [3.8, 4) is 6.07 Å². The Bertz CT molecular complexity index is 1210. The van der Waals surface area contributed by atoms with Gasteiger partial charge in [0.15, 0.2) is 0 Å². The monoisotopic (exact) mass is 544 g/mol. The van der Waals surface area contributed by atoms with Gasteiger partial charge in [0.05, 0.1) is 11.6 Å². The molecule has 1 aromatic carbocycles. The summed E-state index contributed by atoms with van der Waals surface area (Å²) in [6.45, 7) is 1.81. The summed E-state index contributed by atoms with van der Waals surface area (Å²) < 4.78 is 41.1. The summed E-state index contributed by atoms with van der Waals surface area (Å²) in [6.07, 6.45) is -0.700. The lowest BCUT2D eigenvalue weighted by Crippen LogP contribution is -2.57. The summed E-state index contributed by atoms with van der Waals surface area (Å²) in [5, 5.41) is 20.6. The average molecular weight is 545 g/mol. The number of piperidine rings is 1. The van der Waals surface area contributed by atoms with Crippen LogP contribution in [0.1, 0.15) is 55.5 Å². The molecule has 2 aliphatic heterocycles. The van der Waals surface area contributed by atoms with E-state index in [-0.39, 0.29) is 24.0 Å². The SMILES string of the molecule is N#Cc1ccc(CCNC(=O)[C@@H]2CCN2c2cc(N3CCC(CCCC(=O)O)CC3)nc(C(F)(F)F)n2)cc1.